The number of esters is 1. The Labute approximate surface area is 188 Å². The van der Waals surface area contributed by atoms with Crippen molar-refractivity contribution >= 4 is 40.1 Å². The van der Waals surface area contributed by atoms with Gasteiger partial charge in [-0.25, -0.2) is 14.2 Å². The van der Waals surface area contributed by atoms with E-state index < -0.39 is 18.5 Å². The van der Waals surface area contributed by atoms with Gasteiger partial charge in [-0.3, -0.25) is 4.79 Å². The van der Waals surface area contributed by atoms with Gasteiger partial charge in [-0.05, 0) is 61.0 Å². The second-order valence-electron chi connectivity index (χ2n) is 7.12. The Balaban J connectivity index is 1.56. The van der Waals surface area contributed by atoms with Crippen molar-refractivity contribution < 1.29 is 18.7 Å². The molecule has 0 atom stereocenters. The van der Waals surface area contributed by atoms with E-state index in [0.717, 1.165) is 5.56 Å². The lowest BCUT2D eigenvalue weighted by Crippen LogP contribution is -2.21. The van der Waals surface area contributed by atoms with E-state index in [4.69, 9.17) is 16.3 Å². The van der Waals surface area contributed by atoms with Crippen LogP contribution in [0.3, 0.4) is 0 Å². The Bertz CT molecular complexity index is 1320. The number of ether oxygens (including phenoxy) is 1. The average molecular weight is 449 g/mol. The molecule has 0 saturated heterocycles. The van der Waals surface area contributed by atoms with Crippen molar-refractivity contribution in [3.8, 4) is 11.3 Å². The van der Waals surface area contributed by atoms with Crippen LogP contribution in [-0.2, 0) is 9.53 Å². The van der Waals surface area contributed by atoms with Crippen molar-refractivity contribution in [2.24, 2.45) is 0 Å². The zero-order valence-electron chi connectivity index (χ0n) is 17.1. The molecular weight excluding hydrogens is 431 g/mol. The molecule has 0 aliphatic carbocycles. The van der Waals surface area contributed by atoms with E-state index in [9.17, 15) is 14.0 Å². The predicted molar refractivity (Wildman–Crippen MR) is 122 cm³/mol. The maximum Gasteiger partial charge on any atom is 0.339 e. The SMILES string of the molecule is Cc1c(Cl)cccc1NC(=O)COC(=O)c1cc(-c2ccc(F)cc2)nc2ccccc12. The number of carbonyl (C=O) groups is 2. The number of hydrogen-bond donors (Lipinski definition) is 1. The minimum absolute atomic E-state index is 0.265. The number of amides is 1. The maximum absolute atomic E-state index is 13.3. The number of halogens is 2. The quantitative estimate of drug-likeness (QED) is 0.392. The molecule has 1 N–H and O–H groups in total. The van der Waals surface area contributed by atoms with Gasteiger partial charge in [-0.1, -0.05) is 35.9 Å². The number of pyridine rings is 1. The van der Waals surface area contributed by atoms with E-state index in [1.165, 1.54) is 12.1 Å². The fourth-order valence-corrected chi connectivity index (χ4v) is 3.43. The molecule has 3 aromatic carbocycles. The summed E-state index contributed by atoms with van der Waals surface area (Å²) in [6.45, 7) is 1.32. The molecule has 1 heterocycles. The van der Waals surface area contributed by atoms with Gasteiger partial charge in [0.2, 0.25) is 0 Å². The highest BCUT2D eigenvalue weighted by Crippen LogP contribution is 2.26. The molecule has 4 rings (SSSR count). The molecule has 32 heavy (non-hydrogen) atoms. The van der Waals surface area contributed by atoms with Crippen LogP contribution in [-0.4, -0.2) is 23.5 Å². The minimum atomic E-state index is -0.662. The summed E-state index contributed by atoms with van der Waals surface area (Å²) < 4.78 is 18.6. The predicted octanol–water partition coefficient (Wildman–Crippen LogP) is 5.80. The minimum Gasteiger partial charge on any atom is -0.452 e. The van der Waals surface area contributed by atoms with Crippen molar-refractivity contribution in [2.45, 2.75) is 6.92 Å². The first-order valence-corrected chi connectivity index (χ1v) is 10.2. The number of carbonyl (C=O) groups excluding carboxylic acids is 2. The topological polar surface area (TPSA) is 68.3 Å². The molecule has 0 bridgehead atoms. The van der Waals surface area contributed by atoms with Gasteiger partial charge in [0, 0.05) is 21.7 Å². The molecule has 0 aliphatic heterocycles. The summed E-state index contributed by atoms with van der Waals surface area (Å²) in [6.07, 6.45) is 0. The zero-order valence-corrected chi connectivity index (χ0v) is 17.8. The zero-order chi connectivity index (χ0) is 22.7. The first-order valence-electron chi connectivity index (χ1n) is 9.80. The van der Waals surface area contributed by atoms with Gasteiger partial charge >= 0.3 is 5.97 Å². The number of para-hydroxylation sites is 1. The third kappa shape index (κ3) is 4.60. The van der Waals surface area contributed by atoms with Gasteiger partial charge in [0.15, 0.2) is 6.61 Å². The smallest absolute Gasteiger partial charge is 0.339 e. The number of aromatic nitrogens is 1. The summed E-state index contributed by atoms with van der Waals surface area (Å²) in [4.78, 5) is 29.7. The Hall–Kier alpha value is -3.77. The van der Waals surface area contributed by atoms with Crippen molar-refractivity contribution in [3.05, 3.63) is 94.8 Å². The lowest BCUT2D eigenvalue weighted by atomic mass is 10.0. The lowest BCUT2D eigenvalue weighted by molar-refractivity contribution is -0.119. The van der Waals surface area contributed by atoms with E-state index in [1.54, 1.807) is 67.6 Å². The van der Waals surface area contributed by atoms with E-state index in [-0.39, 0.29) is 11.4 Å². The Morgan fingerprint density at radius 2 is 1.78 bits per heavy atom. The highest BCUT2D eigenvalue weighted by atomic mass is 35.5. The van der Waals surface area contributed by atoms with E-state index in [2.05, 4.69) is 10.3 Å². The fraction of sp³-hybridized carbons (Fsp3) is 0.0800. The Morgan fingerprint density at radius 1 is 1.03 bits per heavy atom. The molecule has 160 valence electrons. The standard InChI is InChI=1S/C25H18ClFN2O3/c1-15-20(26)6-4-8-21(15)29-24(30)14-32-25(31)19-13-23(16-9-11-17(27)12-10-16)28-22-7-3-2-5-18(19)22/h2-13H,14H2,1H3,(H,29,30). The van der Waals surface area contributed by atoms with Gasteiger partial charge in [-0.2, -0.15) is 0 Å². The fourth-order valence-electron chi connectivity index (χ4n) is 3.25. The maximum atomic E-state index is 13.3. The molecule has 0 saturated carbocycles. The van der Waals surface area contributed by atoms with Crippen LogP contribution in [0.1, 0.15) is 15.9 Å². The third-order valence-corrected chi connectivity index (χ3v) is 5.36. The molecular formula is C25H18ClFN2O3. The first-order chi connectivity index (χ1) is 15.4. The monoisotopic (exact) mass is 448 g/mol. The largest absolute Gasteiger partial charge is 0.452 e. The molecule has 0 radical (unpaired) electrons. The van der Waals surface area contributed by atoms with Crippen LogP contribution in [0.5, 0.6) is 0 Å². The van der Waals surface area contributed by atoms with Crippen LogP contribution in [0.4, 0.5) is 10.1 Å². The number of fused-ring (bicyclic) bond motifs is 1. The van der Waals surface area contributed by atoms with Crippen LogP contribution in [0, 0.1) is 12.7 Å². The molecule has 0 spiro atoms. The van der Waals surface area contributed by atoms with Crippen LogP contribution < -0.4 is 5.32 Å². The van der Waals surface area contributed by atoms with Gasteiger partial charge in [0.1, 0.15) is 5.82 Å². The van der Waals surface area contributed by atoms with Gasteiger partial charge in [-0.15, -0.1) is 0 Å². The number of hydrogen-bond acceptors (Lipinski definition) is 4. The molecule has 1 amide bonds. The van der Waals surface area contributed by atoms with Crippen molar-refractivity contribution in [1.29, 1.82) is 0 Å². The molecule has 4 aromatic rings. The van der Waals surface area contributed by atoms with Gasteiger partial charge < -0.3 is 10.1 Å². The summed E-state index contributed by atoms with van der Waals surface area (Å²) in [7, 11) is 0. The normalized spacial score (nSPS) is 10.7. The Morgan fingerprint density at radius 3 is 2.56 bits per heavy atom. The summed E-state index contributed by atoms with van der Waals surface area (Å²) in [5.74, 6) is -1.51. The Kier molecular flexibility index (Phi) is 6.14. The van der Waals surface area contributed by atoms with Crippen LogP contribution in [0.15, 0.2) is 72.8 Å². The summed E-state index contributed by atoms with van der Waals surface area (Å²) >= 11 is 6.07. The number of anilines is 1. The molecule has 0 fully saturated rings. The van der Waals surface area contributed by atoms with Crippen molar-refractivity contribution in [2.75, 3.05) is 11.9 Å². The summed E-state index contributed by atoms with van der Waals surface area (Å²) in [6, 6.07) is 19.7. The second kappa shape index (κ2) is 9.16. The van der Waals surface area contributed by atoms with E-state index in [1.807, 2.05) is 0 Å². The summed E-state index contributed by atoms with van der Waals surface area (Å²) in [5, 5.41) is 3.81. The first kappa shape index (κ1) is 21.5. The highest BCUT2D eigenvalue weighted by molar-refractivity contribution is 6.31. The molecule has 0 unspecified atom stereocenters. The number of nitrogens with zero attached hydrogens (tertiary/aromatic N) is 1. The molecule has 5 nitrogen and oxygen atoms in total. The van der Waals surface area contributed by atoms with Crippen LogP contribution >= 0.6 is 11.6 Å². The number of nitrogens with one attached hydrogen (secondary N) is 1. The number of rotatable bonds is 5. The summed E-state index contributed by atoms with van der Waals surface area (Å²) in [5.41, 5.74) is 3.27. The van der Waals surface area contributed by atoms with Gasteiger partial charge in [0.05, 0.1) is 16.8 Å². The van der Waals surface area contributed by atoms with Crippen molar-refractivity contribution in [3.63, 3.8) is 0 Å². The number of benzene rings is 3. The average Bonchev–Trinajstić information content (AvgIpc) is 2.80. The third-order valence-electron chi connectivity index (χ3n) is 4.95. The van der Waals surface area contributed by atoms with Gasteiger partial charge in [0.25, 0.3) is 5.91 Å². The molecule has 1 aromatic heterocycles. The van der Waals surface area contributed by atoms with Crippen LogP contribution in [0.25, 0.3) is 22.2 Å². The second-order valence-corrected chi connectivity index (χ2v) is 7.52. The highest BCUT2D eigenvalue weighted by Gasteiger charge is 2.17. The lowest BCUT2D eigenvalue weighted by Gasteiger charge is -2.11. The van der Waals surface area contributed by atoms with Crippen molar-refractivity contribution in [1.82, 2.24) is 4.98 Å². The van der Waals surface area contributed by atoms with E-state index in [0.29, 0.717) is 32.9 Å². The molecule has 7 heteroatoms. The van der Waals surface area contributed by atoms with Crippen LogP contribution in [0.2, 0.25) is 5.02 Å². The molecule has 0 aliphatic rings. The van der Waals surface area contributed by atoms with E-state index >= 15 is 0 Å².